The molecule has 2 bridgehead atoms. The maximum Gasteiger partial charge on any atom is 0.490 e. The van der Waals surface area contributed by atoms with E-state index in [1.165, 1.54) is 35.5 Å². The summed E-state index contributed by atoms with van der Waals surface area (Å²) in [4.78, 5) is 34.2. The highest BCUT2D eigenvalue weighted by atomic mass is 79.9. The van der Waals surface area contributed by atoms with Gasteiger partial charge in [0.15, 0.2) is 0 Å². The number of alkyl halides is 3. The smallest absolute Gasteiger partial charge is 0.475 e. The fourth-order valence-corrected chi connectivity index (χ4v) is 5.61. The summed E-state index contributed by atoms with van der Waals surface area (Å²) in [5.41, 5.74) is 2.05. The molecule has 6 rings (SSSR count). The van der Waals surface area contributed by atoms with Crippen LogP contribution in [0.5, 0.6) is 0 Å². The van der Waals surface area contributed by atoms with Crippen LogP contribution in [-0.2, 0) is 4.79 Å². The molecule has 33 heavy (non-hydrogen) atoms. The second-order valence-electron chi connectivity index (χ2n) is 7.39. The second-order valence-corrected chi connectivity index (χ2v) is 10.5. The zero-order valence-corrected chi connectivity index (χ0v) is 19.9. The quantitative estimate of drug-likeness (QED) is 0.435. The lowest BCUT2D eigenvalue weighted by atomic mass is 9.93. The Morgan fingerprint density at radius 1 is 1.30 bits per heavy atom. The number of hydrogen-bond acceptors (Lipinski definition) is 8. The molecule has 176 valence electrons. The van der Waals surface area contributed by atoms with Gasteiger partial charge in [0.05, 0.1) is 21.2 Å². The molecule has 1 amide bonds. The predicted molar refractivity (Wildman–Crippen MR) is 123 cm³/mol. The Kier molecular flexibility index (Phi) is 6.88. The Balaban J connectivity index is 0.000000325. The predicted octanol–water partition coefficient (Wildman–Crippen LogP) is 4.34. The van der Waals surface area contributed by atoms with Crippen LogP contribution in [0, 0.1) is 0 Å². The molecular formula is C19H17BrF3N5O3S2. The molecule has 0 aliphatic carbocycles. The Bertz CT molecular complexity index is 1180. The molecular weight excluding hydrogens is 547 g/mol. The number of aromatic nitrogens is 2. The summed E-state index contributed by atoms with van der Waals surface area (Å²) < 4.78 is 32.6. The Morgan fingerprint density at radius 3 is 2.61 bits per heavy atom. The van der Waals surface area contributed by atoms with Crippen molar-refractivity contribution in [1.82, 2.24) is 15.3 Å². The molecule has 3 aromatic heterocycles. The van der Waals surface area contributed by atoms with Crippen molar-refractivity contribution in [2.45, 2.75) is 31.1 Å². The van der Waals surface area contributed by atoms with Crippen molar-refractivity contribution in [3.05, 3.63) is 32.4 Å². The number of thiophene rings is 2. The number of rotatable bonds is 3. The van der Waals surface area contributed by atoms with E-state index in [4.69, 9.17) is 14.9 Å². The number of carbonyl (C=O) groups excluding carboxylic acids is 1. The topological polar surface area (TPSA) is 107 Å². The molecule has 3 saturated heterocycles. The van der Waals surface area contributed by atoms with Gasteiger partial charge in [0.25, 0.3) is 5.91 Å². The molecule has 2 atom stereocenters. The Labute approximate surface area is 202 Å². The van der Waals surface area contributed by atoms with Crippen molar-refractivity contribution < 1.29 is 27.9 Å². The van der Waals surface area contributed by atoms with Crippen LogP contribution in [0.2, 0.25) is 0 Å². The maximum absolute atomic E-state index is 12.7. The van der Waals surface area contributed by atoms with Gasteiger partial charge >= 0.3 is 12.1 Å². The zero-order valence-electron chi connectivity index (χ0n) is 16.7. The number of piperazine rings is 1. The number of halogens is 4. The molecule has 0 radical (unpaired) electrons. The molecule has 8 nitrogen and oxygen atoms in total. The zero-order chi connectivity index (χ0) is 23.8. The van der Waals surface area contributed by atoms with Crippen molar-refractivity contribution in [2.75, 3.05) is 23.3 Å². The van der Waals surface area contributed by atoms with Crippen LogP contribution >= 0.6 is 38.6 Å². The first-order valence-corrected chi connectivity index (χ1v) is 12.3. The fourth-order valence-electron chi connectivity index (χ4n) is 3.66. The van der Waals surface area contributed by atoms with Crippen molar-refractivity contribution in [3.63, 3.8) is 0 Å². The summed E-state index contributed by atoms with van der Waals surface area (Å²) in [5.74, 6) is -2.03. The van der Waals surface area contributed by atoms with E-state index < -0.39 is 12.1 Å². The number of amides is 1. The number of hydrogen-bond donors (Lipinski definition) is 3. The number of carbonyl (C=O) groups is 2. The lowest BCUT2D eigenvalue weighted by Gasteiger charge is -2.46. The number of carboxylic acids is 1. The molecule has 0 saturated carbocycles. The number of carboxylic acid groups (broad SMARTS) is 1. The van der Waals surface area contributed by atoms with Gasteiger partial charge in [-0.15, -0.1) is 22.7 Å². The first-order valence-electron chi connectivity index (χ1n) is 9.72. The lowest BCUT2D eigenvalue weighted by Crippen LogP contribution is -2.61. The molecule has 3 aliphatic rings. The van der Waals surface area contributed by atoms with Crippen molar-refractivity contribution in [3.8, 4) is 0 Å². The van der Waals surface area contributed by atoms with E-state index in [1.807, 2.05) is 23.0 Å². The average Bonchev–Trinajstić information content (AvgIpc) is 3.40. The van der Waals surface area contributed by atoms with Gasteiger partial charge < -0.3 is 20.6 Å². The minimum Gasteiger partial charge on any atom is -0.475 e. The lowest BCUT2D eigenvalue weighted by molar-refractivity contribution is -0.192. The number of piperidine rings is 2. The molecule has 0 aromatic carbocycles. The first kappa shape index (κ1) is 23.9. The standard InChI is InChI=1S/C17H16BrN5OS2.C2HF3O2/c18-15-12(3-4-25-15)21-16(24)11-8-26-17-14(11)22-13(6-20-17)23-7-9-1-2-10(23)5-19-9;3-2(4,5)1(6)7/h3-4,6,8-10,19H,1-2,5,7H2,(H,21,24);(H,6,7)/t9-,10-;/m1./s1. The molecule has 6 heterocycles. The van der Waals surface area contributed by atoms with Crippen LogP contribution in [0.15, 0.2) is 26.8 Å². The van der Waals surface area contributed by atoms with Crippen LogP contribution in [0.25, 0.3) is 10.3 Å². The number of anilines is 2. The average molecular weight is 564 g/mol. The molecule has 3 aromatic rings. The van der Waals surface area contributed by atoms with Gasteiger partial charge in [0, 0.05) is 30.6 Å². The summed E-state index contributed by atoms with van der Waals surface area (Å²) in [6.07, 6.45) is -0.838. The molecule has 3 N–H and O–H groups in total. The minimum atomic E-state index is -5.08. The maximum atomic E-state index is 12.7. The van der Waals surface area contributed by atoms with Gasteiger partial charge in [-0.3, -0.25) is 4.79 Å². The first-order chi connectivity index (χ1) is 15.6. The normalized spacial score (nSPS) is 19.8. The Morgan fingerprint density at radius 2 is 2.06 bits per heavy atom. The van der Waals surface area contributed by atoms with Gasteiger partial charge in [-0.25, -0.2) is 14.8 Å². The van der Waals surface area contributed by atoms with Crippen LogP contribution < -0.4 is 15.5 Å². The molecule has 3 aliphatic heterocycles. The van der Waals surface area contributed by atoms with Crippen LogP contribution in [-0.4, -0.2) is 58.3 Å². The van der Waals surface area contributed by atoms with Crippen LogP contribution in [0.4, 0.5) is 24.7 Å². The van der Waals surface area contributed by atoms with Crippen LogP contribution in [0.1, 0.15) is 23.2 Å². The SMILES string of the molecule is O=C(Nc1ccsc1Br)c1csc2ncc(N3C[C@H]4CC[C@@H]3CN4)nc12.O=C(O)C(F)(F)F. The summed E-state index contributed by atoms with van der Waals surface area (Å²) in [7, 11) is 0. The highest BCUT2D eigenvalue weighted by Gasteiger charge is 2.38. The molecule has 14 heteroatoms. The molecule has 3 fully saturated rings. The van der Waals surface area contributed by atoms with E-state index in [0.29, 0.717) is 23.2 Å². The third-order valence-electron chi connectivity index (χ3n) is 5.27. The summed E-state index contributed by atoms with van der Waals surface area (Å²) in [5, 5.41) is 17.4. The van der Waals surface area contributed by atoms with Crippen molar-refractivity contribution >= 4 is 72.3 Å². The Hall–Kier alpha value is -2.29. The number of aliphatic carboxylic acids is 1. The van der Waals surface area contributed by atoms with Gasteiger partial charge in [0.1, 0.15) is 16.2 Å². The van der Waals surface area contributed by atoms with E-state index in [0.717, 1.165) is 33.2 Å². The monoisotopic (exact) mass is 563 g/mol. The molecule has 0 spiro atoms. The summed E-state index contributed by atoms with van der Waals surface area (Å²) in [6, 6.07) is 2.87. The third kappa shape index (κ3) is 5.28. The molecule has 0 unspecified atom stereocenters. The number of fused-ring (bicyclic) bond motifs is 4. The van der Waals surface area contributed by atoms with E-state index in [1.54, 1.807) is 0 Å². The number of nitrogens with zero attached hydrogens (tertiary/aromatic N) is 3. The van der Waals surface area contributed by atoms with E-state index in [9.17, 15) is 18.0 Å². The van der Waals surface area contributed by atoms with Gasteiger partial charge in [-0.1, -0.05) is 0 Å². The van der Waals surface area contributed by atoms with Gasteiger partial charge in [-0.2, -0.15) is 13.2 Å². The van der Waals surface area contributed by atoms with Gasteiger partial charge in [-0.05, 0) is 40.2 Å². The largest absolute Gasteiger partial charge is 0.490 e. The summed E-state index contributed by atoms with van der Waals surface area (Å²) in [6.45, 7) is 1.95. The second kappa shape index (κ2) is 9.52. The van der Waals surface area contributed by atoms with Crippen molar-refractivity contribution in [1.29, 1.82) is 0 Å². The van der Waals surface area contributed by atoms with E-state index in [-0.39, 0.29) is 5.91 Å². The van der Waals surface area contributed by atoms with Crippen LogP contribution in [0.3, 0.4) is 0 Å². The third-order valence-corrected chi connectivity index (χ3v) is 7.83. The van der Waals surface area contributed by atoms with E-state index in [2.05, 4.69) is 36.4 Å². The fraction of sp³-hybridized carbons (Fsp3) is 0.368. The highest BCUT2D eigenvalue weighted by Crippen LogP contribution is 2.32. The highest BCUT2D eigenvalue weighted by molar-refractivity contribution is 9.11. The van der Waals surface area contributed by atoms with Gasteiger partial charge in [0.2, 0.25) is 0 Å². The number of nitrogens with one attached hydrogen (secondary N) is 2. The van der Waals surface area contributed by atoms with E-state index >= 15 is 0 Å². The summed E-state index contributed by atoms with van der Waals surface area (Å²) >= 11 is 6.45. The van der Waals surface area contributed by atoms with Crippen molar-refractivity contribution in [2.24, 2.45) is 0 Å². The minimum absolute atomic E-state index is 0.149.